The Labute approximate surface area is 217 Å². The minimum absolute atomic E-state index is 0.0114. The van der Waals surface area contributed by atoms with Crippen LogP contribution >= 0.6 is 0 Å². The highest BCUT2D eigenvalue weighted by Crippen LogP contribution is 2.52. The van der Waals surface area contributed by atoms with E-state index in [2.05, 4.69) is 138 Å². The van der Waals surface area contributed by atoms with Crippen LogP contribution in [0.1, 0.15) is 70.7 Å². The Morgan fingerprint density at radius 3 is 1.94 bits per heavy atom. The van der Waals surface area contributed by atoms with E-state index in [0.717, 1.165) is 12.8 Å². The Hall–Kier alpha value is -3.32. The zero-order valence-corrected chi connectivity index (χ0v) is 22.9. The van der Waals surface area contributed by atoms with Crippen LogP contribution in [0.15, 0.2) is 84.9 Å². The molecule has 5 rings (SSSR count). The highest BCUT2D eigenvalue weighted by molar-refractivity contribution is 5.90. The molecule has 0 heterocycles. The van der Waals surface area contributed by atoms with Crippen molar-refractivity contribution in [1.82, 2.24) is 0 Å². The molecule has 1 heteroatoms. The first-order chi connectivity index (χ1) is 17.2. The smallest absolute Gasteiger partial charge is 0.0527 e. The predicted molar refractivity (Wildman–Crippen MR) is 157 cm³/mol. The van der Waals surface area contributed by atoms with Crippen LogP contribution in [0.5, 0.6) is 0 Å². The van der Waals surface area contributed by atoms with Gasteiger partial charge < -0.3 is 4.90 Å². The number of benzene rings is 4. The molecule has 0 radical (unpaired) electrons. The van der Waals surface area contributed by atoms with Gasteiger partial charge in [0.2, 0.25) is 0 Å². The summed E-state index contributed by atoms with van der Waals surface area (Å²) >= 11 is 0. The normalized spacial score (nSPS) is 13.9. The van der Waals surface area contributed by atoms with Crippen LogP contribution in [0.4, 0.5) is 11.4 Å². The lowest BCUT2D eigenvalue weighted by Crippen LogP contribution is -2.39. The van der Waals surface area contributed by atoms with E-state index in [1.165, 1.54) is 55.9 Å². The molecule has 0 saturated heterocycles. The molecule has 4 aromatic rings. The van der Waals surface area contributed by atoms with Crippen molar-refractivity contribution in [3.8, 4) is 22.3 Å². The maximum atomic E-state index is 2.63. The minimum atomic E-state index is -0.111. The summed E-state index contributed by atoms with van der Waals surface area (Å²) in [6.45, 7) is 16.4. The summed E-state index contributed by atoms with van der Waals surface area (Å²) < 4.78 is 0. The number of nitrogens with zero attached hydrogens (tertiary/aromatic N) is 1. The Bertz CT molecular complexity index is 1400. The van der Waals surface area contributed by atoms with Gasteiger partial charge in [0, 0.05) is 22.2 Å². The van der Waals surface area contributed by atoms with Gasteiger partial charge >= 0.3 is 0 Å². The van der Waals surface area contributed by atoms with Crippen molar-refractivity contribution in [3.63, 3.8) is 0 Å². The molecule has 0 saturated carbocycles. The fraction of sp³-hybridized carbons (Fsp3) is 0.314. The molecule has 4 aromatic carbocycles. The van der Waals surface area contributed by atoms with Crippen LogP contribution in [0, 0.1) is 0 Å². The van der Waals surface area contributed by atoms with E-state index in [-0.39, 0.29) is 11.0 Å². The third kappa shape index (κ3) is 3.86. The molecule has 0 aliphatic heterocycles. The third-order valence-electron chi connectivity index (χ3n) is 7.88. The summed E-state index contributed by atoms with van der Waals surface area (Å²) in [5, 5.41) is 0. The molecule has 0 aromatic heterocycles. The number of para-hydroxylation sites is 1. The first-order valence-electron chi connectivity index (χ1n) is 13.4. The van der Waals surface area contributed by atoms with Gasteiger partial charge in [0.15, 0.2) is 0 Å². The molecule has 0 atom stereocenters. The second-order valence-corrected chi connectivity index (χ2v) is 11.6. The standard InChI is InChI=1S/C35H39N/c1-8-24-18-15-20-27(26-16-11-10-12-17-26)33(24)36(34(3,4)5)32-23-29-28-19-13-14-21-30(28)35(6,7)31(29)22-25(32)9-2/h10-23H,8-9H2,1-7H3. The monoisotopic (exact) mass is 473 g/mol. The number of hydrogen-bond acceptors (Lipinski definition) is 1. The Kier molecular flexibility index (Phi) is 6.07. The molecule has 0 N–H and O–H groups in total. The highest BCUT2D eigenvalue weighted by atomic mass is 15.2. The third-order valence-corrected chi connectivity index (χ3v) is 7.88. The van der Waals surface area contributed by atoms with Gasteiger partial charge in [0.1, 0.15) is 0 Å². The van der Waals surface area contributed by atoms with Crippen molar-refractivity contribution >= 4 is 11.4 Å². The van der Waals surface area contributed by atoms with E-state index in [4.69, 9.17) is 0 Å². The number of anilines is 2. The highest BCUT2D eigenvalue weighted by Gasteiger charge is 2.37. The summed E-state index contributed by atoms with van der Waals surface area (Å²) in [5.41, 5.74) is 13.6. The number of fused-ring (bicyclic) bond motifs is 3. The quantitative estimate of drug-likeness (QED) is 0.279. The fourth-order valence-corrected chi connectivity index (χ4v) is 6.08. The van der Waals surface area contributed by atoms with Crippen LogP contribution in [-0.4, -0.2) is 5.54 Å². The molecular formula is C35H39N. The maximum absolute atomic E-state index is 2.63. The molecule has 1 aliphatic carbocycles. The average Bonchev–Trinajstić information content (AvgIpc) is 3.09. The molecule has 36 heavy (non-hydrogen) atoms. The first-order valence-corrected chi connectivity index (χ1v) is 13.4. The molecular weight excluding hydrogens is 434 g/mol. The molecule has 0 unspecified atom stereocenters. The van der Waals surface area contributed by atoms with Gasteiger partial charge in [-0.25, -0.2) is 0 Å². The van der Waals surface area contributed by atoms with E-state index >= 15 is 0 Å². The summed E-state index contributed by atoms with van der Waals surface area (Å²) in [6, 6.07) is 31.6. The molecule has 184 valence electrons. The second kappa shape index (κ2) is 8.96. The molecule has 1 nitrogen and oxygen atoms in total. The number of rotatable bonds is 5. The average molecular weight is 474 g/mol. The topological polar surface area (TPSA) is 3.24 Å². The zero-order valence-electron chi connectivity index (χ0n) is 22.9. The zero-order chi connectivity index (χ0) is 25.7. The molecule has 0 amide bonds. The summed E-state index contributed by atoms with van der Waals surface area (Å²) in [5.74, 6) is 0. The van der Waals surface area contributed by atoms with Crippen molar-refractivity contribution in [2.24, 2.45) is 0 Å². The Morgan fingerprint density at radius 2 is 1.28 bits per heavy atom. The van der Waals surface area contributed by atoms with Gasteiger partial charge in [-0.2, -0.15) is 0 Å². The summed E-state index contributed by atoms with van der Waals surface area (Å²) in [7, 11) is 0. The SMILES string of the molecule is CCc1cc2c(cc1N(c1c(CC)cccc1-c1ccccc1)C(C)(C)C)-c1ccccc1C2(C)C. The van der Waals surface area contributed by atoms with Crippen molar-refractivity contribution < 1.29 is 0 Å². The van der Waals surface area contributed by atoms with Crippen LogP contribution in [0.2, 0.25) is 0 Å². The van der Waals surface area contributed by atoms with E-state index in [1.807, 2.05) is 0 Å². The first kappa shape index (κ1) is 24.4. The van der Waals surface area contributed by atoms with Crippen LogP contribution in [-0.2, 0) is 18.3 Å². The van der Waals surface area contributed by atoms with Gasteiger partial charge in [0.05, 0.1) is 5.69 Å². The lowest BCUT2D eigenvalue weighted by Gasteiger charge is -2.42. The van der Waals surface area contributed by atoms with Gasteiger partial charge in [-0.3, -0.25) is 0 Å². The van der Waals surface area contributed by atoms with Gasteiger partial charge in [-0.05, 0) is 78.6 Å². The van der Waals surface area contributed by atoms with Gasteiger partial charge in [-0.1, -0.05) is 107 Å². The van der Waals surface area contributed by atoms with Crippen LogP contribution in [0.25, 0.3) is 22.3 Å². The fourth-order valence-electron chi connectivity index (χ4n) is 6.08. The predicted octanol–water partition coefficient (Wildman–Crippen LogP) is 9.72. The lowest BCUT2D eigenvalue weighted by molar-refractivity contribution is 0.557. The Morgan fingerprint density at radius 1 is 0.639 bits per heavy atom. The van der Waals surface area contributed by atoms with Crippen molar-refractivity contribution in [1.29, 1.82) is 0 Å². The van der Waals surface area contributed by atoms with E-state index in [9.17, 15) is 0 Å². The Balaban J connectivity index is 1.83. The lowest BCUT2D eigenvalue weighted by atomic mass is 9.81. The van der Waals surface area contributed by atoms with Crippen molar-refractivity contribution in [2.75, 3.05) is 4.90 Å². The van der Waals surface area contributed by atoms with E-state index in [0.29, 0.717) is 0 Å². The number of aryl methyl sites for hydroxylation is 2. The molecule has 0 bridgehead atoms. The maximum Gasteiger partial charge on any atom is 0.0527 e. The largest absolute Gasteiger partial charge is 0.335 e. The van der Waals surface area contributed by atoms with E-state index < -0.39 is 0 Å². The summed E-state index contributed by atoms with van der Waals surface area (Å²) in [6.07, 6.45) is 1.99. The van der Waals surface area contributed by atoms with Crippen LogP contribution in [0.3, 0.4) is 0 Å². The van der Waals surface area contributed by atoms with Crippen LogP contribution < -0.4 is 4.90 Å². The molecule has 1 aliphatic rings. The molecule has 0 fully saturated rings. The second-order valence-electron chi connectivity index (χ2n) is 11.6. The van der Waals surface area contributed by atoms with Gasteiger partial charge in [-0.15, -0.1) is 0 Å². The van der Waals surface area contributed by atoms with Crippen molar-refractivity contribution in [2.45, 2.75) is 72.3 Å². The van der Waals surface area contributed by atoms with Gasteiger partial charge in [0.25, 0.3) is 0 Å². The number of hydrogen-bond donors (Lipinski definition) is 0. The van der Waals surface area contributed by atoms with Crippen molar-refractivity contribution in [3.05, 3.63) is 107 Å². The van der Waals surface area contributed by atoms with E-state index in [1.54, 1.807) is 0 Å². The molecule has 0 spiro atoms. The summed E-state index contributed by atoms with van der Waals surface area (Å²) in [4.78, 5) is 2.63. The minimum Gasteiger partial charge on any atom is -0.335 e.